The minimum atomic E-state index is -0.610. The van der Waals surface area contributed by atoms with E-state index in [9.17, 15) is 14.4 Å². The Bertz CT molecular complexity index is 861. The fraction of sp³-hybridized carbons (Fsp3) is 0.421. The van der Waals surface area contributed by atoms with Gasteiger partial charge in [0.05, 0.1) is 6.04 Å². The van der Waals surface area contributed by atoms with Crippen LogP contribution in [0.4, 0.5) is 5.69 Å². The second-order valence-corrected chi connectivity index (χ2v) is 6.72. The molecule has 2 heterocycles. The summed E-state index contributed by atoms with van der Waals surface area (Å²) in [6.45, 7) is 4.04. The zero-order valence-electron chi connectivity index (χ0n) is 15.1. The van der Waals surface area contributed by atoms with Crippen LogP contribution in [-0.4, -0.2) is 28.5 Å². The number of nitrogens with zero attached hydrogens (tertiary/aromatic N) is 2. The van der Waals surface area contributed by atoms with Crippen LogP contribution in [0.1, 0.15) is 48.3 Å². The van der Waals surface area contributed by atoms with Gasteiger partial charge >= 0.3 is 5.69 Å². The highest BCUT2D eigenvalue weighted by atomic mass is 16.2. The number of nitrogens with one attached hydrogen (secondary N) is 2. The smallest absolute Gasteiger partial charge is 0.328 e. The molecule has 1 fully saturated rings. The van der Waals surface area contributed by atoms with Crippen molar-refractivity contribution in [2.75, 3.05) is 18.0 Å². The number of aromatic amines is 1. The number of carbonyl (C=O) groups excluding carboxylic acids is 1. The summed E-state index contributed by atoms with van der Waals surface area (Å²) in [5, 5.41) is 2.81. The number of piperidine rings is 1. The minimum Gasteiger partial charge on any atom is -0.372 e. The van der Waals surface area contributed by atoms with E-state index in [0.717, 1.165) is 29.3 Å². The lowest BCUT2D eigenvalue weighted by atomic mass is 10.1. The van der Waals surface area contributed by atoms with Crippen molar-refractivity contribution in [1.82, 2.24) is 14.9 Å². The molecule has 1 aromatic heterocycles. The maximum atomic E-state index is 12.3. The molecule has 0 bridgehead atoms. The van der Waals surface area contributed by atoms with E-state index in [1.807, 2.05) is 19.1 Å². The predicted octanol–water partition coefficient (Wildman–Crippen LogP) is 1.55. The lowest BCUT2D eigenvalue weighted by Gasteiger charge is -2.29. The molecule has 1 atom stereocenters. The fourth-order valence-electron chi connectivity index (χ4n) is 3.16. The molecule has 3 rings (SSSR count). The highest BCUT2D eigenvalue weighted by Gasteiger charge is 2.15. The van der Waals surface area contributed by atoms with Gasteiger partial charge in [-0.3, -0.25) is 14.2 Å². The lowest BCUT2D eigenvalue weighted by Crippen LogP contribution is -2.37. The molecule has 0 saturated carbocycles. The Labute approximate surface area is 151 Å². The third kappa shape index (κ3) is 3.87. The van der Waals surface area contributed by atoms with E-state index in [1.165, 1.54) is 32.0 Å². The van der Waals surface area contributed by atoms with Gasteiger partial charge in [-0.05, 0) is 43.9 Å². The average Bonchev–Trinajstić information content (AvgIpc) is 2.66. The molecule has 7 nitrogen and oxygen atoms in total. The molecular weight excluding hydrogens is 332 g/mol. The van der Waals surface area contributed by atoms with Crippen LogP contribution in [0.2, 0.25) is 0 Å². The van der Waals surface area contributed by atoms with Crippen LogP contribution in [-0.2, 0) is 7.05 Å². The van der Waals surface area contributed by atoms with Crippen molar-refractivity contribution in [2.24, 2.45) is 7.05 Å². The van der Waals surface area contributed by atoms with Gasteiger partial charge in [0.2, 0.25) is 0 Å². The van der Waals surface area contributed by atoms with Crippen molar-refractivity contribution < 1.29 is 4.79 Å². The number of hydrogen-bond donors (Lipinski definition) is 2. The van der Waals surface area contributed by atoms with Crippen molar-refractivity contribution in [3.8, 4) is 0 Å². The highest BCUT2D eigenvalue weighted by molar-refractivity contribution is 5.92. The van der Waals surface area contributed by atoms with Crippen LogP contribution >= 0.6 is 0 Å². The molecular formula is C19H24N4O3. The summed E-state index contributed by atoms with van der Waals surface area (Å²) in [7, 11) is 1.36. The summed E-state index contributed by atoms with van der Waals surface area (Å²) in [6.07, 6.45) is 3.74. The first-order valence-corrected chi connectivity index (χ1v) is 8.92. The molecule has 7 heteroatoms. The Hall–Kier alpha value is -2.83. The van der Waals surface area contributed by atoms with E-state index < -0.39 is 17.2 Å². The number of aromatic nitrogens is 2. The molecule has 2 N–H and O–H groups in total. The third-order valence-corrected chi connectivity index (χ3v) is 4.85. The number of carbonyl (C=O) groups is 1. The minimum absolute atomic E-state index is 0.0325. The third-order valence-electron chi connectivity index (χ3n) is 4.85. The van der Waals surface area contributed by atoms with Crippen LogP contribution < -0.4 is 21.5 Å². The van der Waals surface area contributed by atoms with Crippen LogP contribution in [0.5, 0.6) is 0 Å². The van der Waals surface area contributed by atoms with Crippen LogP contribution in [0.25, 0.3) is 0 Å². The Morgan fingerprint density at radius 3 is 2.38 bits per heavy atom. The van der Waals surface area contributed by atoms with Gasteiger partial charge in [-0.1, -0.05) is 12.1 Å². The van der Waals surface area contributed by atoms with Crippen molar-refractivity contribution in [3.63, 3.8) is 0 Å². The van der Waals surface area contributed by atoms with Gasteiger partial charge in [-0.25, -0.2) is 4.79 Å². The second kappa shape index (κ2) is 7.59. The van der Waals surface area contributed by atoms with Gasteiger partial charge in [-0.15, -0.1) is 0 Å². The first kappa shape index (κ1) is 18.0. The summed E-state index contributed by atoms with van der Waals surface area (Å²) in [4.78, 5) is 40.4. The number of H-pyrrole nitrogens is 1. The van der Waals surface area contributed by atoms with Gasteiger partial charge in [0.15, 0.2) is 0 Å². The number of anilines is 1. The fourth-order valence-corrected chi connectivity index (χ4v) is 3.16. The molecule has 0 aliphatic carbocycles. The van der Waals surface area contributed by atoms with Gasteiger partial charge in [0, 0.05) is 31.9 Å². The summed E-state index contributed by atoms with van der Waals surface area (Å²) in [5.41, 5.74) is 1.00. The molecule has 1 saturated heterocycles. The molecule has 1 amide bonds. The molecule has 0 unspecified atom stereocenters. The summed E-state index contributed by atoms with van der Waals surface area (Å²) in [6, 6.07) is 9.03. The zero-order chi connectivity index (χ0) is 18.7. The van der Waals surface area contributed by atoms with Crippen molar-refractivity contribution in [3.05, 3.63) is 62.4 Å². The van der Waals surface area contributed by atoms with Gasteiger partial charge < -0.3 is 15.2 Å². The molecule has 138 valence electrons. The molecule has 0 spiro atoms. The van der Waals surface area contributed by atoms with Crippen LogP contribution in [0.15, 0.2) is 39.9 Å². The Kier molecular flexibility index (Phi) is 5.25. The van der Waals surface area contributed by atoms with Gasteiger partial charge in [0.1, 0.15) is 5.69 Å². The summed E-state index contributed by atoms with van der Waals surface area (Å²) in [5.74, 6) is -0.479. The van der Waals surface area contributed by atoms with Crippen molar-refractivity contribution in [2.45, 2.75) is 32.2 Å². The van der Waals surface area contributed by atoms with E-state index in [4.69, 9.17) is 0 Å². The summed E-state index contributed by atoms with van der Waals surface area (Å²) >= 11 is 0. The highest BCUT2D eigenvalue weighted by Crippen LogP contribution is 2.22. The maximum Gasteiger partial charge on any atom is 0.328 e. The molecule has 0 radical (unpaired) electrons. The SMILES string of the molecule is C[C@H](NC(=O)c1cc(=O)n(C)c(=O)[nH]1)c1ccc(N2CCCCC2)cc1. The van der Waals surface area contributed by atoms with Crippen molar-refractivity contribution >= 4 is 11.6 Å². The predicted molar refractivity (Wildman–Crippen MR) is 101 cm³/mol. The average molecular weight is 356 g/mol. The monoisotopic (exact) mass is 356 g/mol. The number of rotatable bonds is 4. The lowest BCUT2D eigenvalue weighted by molar-refractivity contribution is 0.0934. The summed E-state index contributed by atoms with van der Waals surface area (Å²) < 4.78 is 0.916. The molecule has 1 aliphatic heterocycles. The first-order valence-electron chi connectivity index (χ1n) is 8.92. The largest absolute Gasteiger partial charge is 0.372 e. The van der Waals surface area contributed by atoms with Crippen molar-refractivity contribution in [1.29, 1.82) is 0 Å². The van der Waals surface area contributed by atoms with E-state index in [2.05, 4.69) is 27.3 Å². The van der Waals surface area contributed by atoms with Crippen LogP contribution in [0, 0.1) is 0 Å². The Morgan fingerprint density at radius 2 is 1.77 bits per heavy atom. The number of benzene rings is 1. The van der Waals surface area contributed by atoms with Gasteiger partial charge in [0.25, 0.3) is 11.5 Å². The van der Waals surface area contributed by atoms with Gasteiger partial charge in [-0.2, -0.15) is 0 Å². The first-order chi connectivity index (χ1) is 12.5. The molecule has 1 aromatic carbocycles. The standard InChI is InChI=1S/C19H24N4O3/c1-13(20-18(25)16-12-17(24)22(2)19(26)21-16)14-6-8-15(9-7-14)23-10-4-3-5-11-23/h6-9,12-13H,3-5,10-11H2,1-2H3,(H,20,25)(H,21,26)/t13-/m0/s1. The molecule has 26 heavy (non-hydrogen) atoms. The van der Waals surface area contributed by atoms with E-state index in [0.29, 0.717) is 0 Å². The quantitative estimate of drug-likeness (QED) is 0.870. The topological polar surface area (TPSA) is 87.2 Å². The second-order valence-electron chi connectivity index (χ2n) is 6.72. The zero-order valence-corrected chi connectivity index (χ0v) is 15.1. The molecule has 1 aliphatic rings. The maximum absolute atomic E-state index is 12.3. The van der Waals surface area contributed by atoms with Crippen LogP contribution in [0.3, 0.4) is 0 Å². The van der Waals surface area contributed by atoms with E-state index >= 15 is 0 Å². The molecule has 2 aromatic rings. The normalized spacial score (nSPS) is 15.5. The number of amides is 1. The van der Waals surface area contributed by atoms with E-state index in [1.54, 1.807) is 0 Å². The number of hydrogen-bond acceptors (Lipinski definition) is 4. The Balaban J connectivity index is 1.69. The van der Waals surface area contributed by atoms with E-state index in [-0.39, 0.29) is 11.7 Å². The Morgan fingerprint density at radius 1 is 1.12 bits per heavy atom.